The van der Waals surface area contributed by atoms with E-state index >= 15 is 0 Å². The standard InChI is InChI=1S/C20H22Cl2N2O/c1-20(25)12-23(13-20)9-14-5-7-16(8-6-14)24-10-15(11-24)19-17(21)3-2-4-18(19)22/h2-8,15,25H,9-13H2,1H3. The molecule has 0 radical (unpaired) electrons. The van der Waals surface area contributed by atoms with Crippen LogP contribution >= 0.6 is 23.2 Å². The molecule has 0 unspecified atom stereocenters. The van der Waals surface area contributed by atoms with E-state index in [0.717, 1.165) is 48.3 Å². The second-order valence-corrected chi connectivity index (χ2v) is 8.36. The second kappa shape index (κ2) is 6.48. The third kappa shape index (κ3) is 3.52. The van der Waals surface area contributed by atoms with E-state index in [-0.39, 0.29) is 0 Å². The summed E-state index contributed by atoms with van der Waals surface area (Å²) in [4.78, 5) is 4.61. The summed E-state index contributed by atoms with van der Waals surface area (Å²) in [6.45, 7) is 6.17. The molecule has 0 spiro atoms. The van der Waals surface area contributed by atoms with Gasteiger partial charge in [0.15, 0.2) is 0 Å². The molecule has 25 heavy (non-hydrogen) atoms. The first-order valence-corrected chi connectivity index (χ1v) is 9.39. The smallest absolute Gasteiger partial charge is 0.0872 e. The fourth-order valence-corrected chi connectivity index (χ4v) is 4.58. The normalized spacial score (nSPS) is 20.2. The van der Waals surface area contributed by atoms with Crippen molar-refractivity contribution in [3.8, 4) is 0 Å². The molecule has 0 saturated carbocycles. The van der Waals surface area contributed by atoms with Gasteiger partial charge in [0.1, 0.15) is 0 Å². The van der Waals surface area contributed by atoms with Crippen LogP contribution in [0.5, 0.6) is 0 Å². The molecule has 0 bridgehead atoms. The zero-order valence-electron chi connectivity index (χ0n) is 14.3. The molecule has 2 heterocycles. The van der Waals surface area contributed by atoms with Crippen LogP contribution in [-0.4, -0.2) is 41.8 Å². The lowest BCUT2D eigenvalue weighted by atomic mass is 9.90. The molecule has 1 N–H and O–H groups in total. The van der Waals surface area contributed by atoms with Crippen LogP contribution in [0.3, 0.4) is 0 Å². The van der Waals surface area contributed by atoms with Gasteiger partial charge in [-0.05, 0) is 42.3 Å². The number of β-amino-alcohol motifs (C(OH)–C–C–N with tert-alkyl or cyclic N) is 1. The first-order chi connectivity index (χ1) is 11.9. The maximum absolute atomic E-state index is 9.81. The van der Waals surface area contributed by atoms with Gasteiger partial charge in [-0.25, -0.2) is 0 Å². The Balaban J connectivity index is 1.35. The van der Waals surface area contributed by atoms with E-state index in [2.05, 4.69) is 34.1 Å². The van der Waals surface area contributed by atoms with Crippen LogP contribution < -0.4 is 4.90 Å². The number of hydrogen-bond acceptors (Lipinski definition) is 3. The van der Waals surface area contributed by atoms with Gasteiger partial charge in [0.05, 0.1) is 5.60 Å². The Kier molecular flexibility index (Phi) is 4.45. The number of anilines is 1. The minimum atomic E-state index is -0.507. The third-order valence-electron chi connectivity index (χ3n) is 5.13. The fraction of sp³-hybridized carbons (Fsp3) is 0.400. The Bertz CT molecular complexity index is 742. The lowest BCUT2D eigenvalue weighted by molar-refractivity contribution is -0.0871. The summed E-state index contributed by atoms with van der Waals surface area (Å²) in [5.74, 6) is 0.393. The average molecular weight is 377 g/mol. The van der Waals surface area contributed by atoms with E-state index in [1.165, 1.54) is 11.3 Å². The largest absolute Gasteiger partial charge is 0.388 e. The van der Waals surface area contributed by atoms with Crippen LogP contribution in [0.25, 0.3) is 0 Å². The highest BCUT2D eigenvalue weighted by Gasteiger charge is 2.36. The molecule has 2 aliphatic rings. The minimum absolute atomic E-state index is 0.393. The monoisotopic (exact) mass is 376 g/mol. The predicted octanol–water partition coefficient (Wildman–Crippen LogP) is 4.16. The Hall–Kier alpha value is -1.26. The van der Waals surface area contributed by atoms with Crippen LogP contribution in [0.4, 0.5) is 5.69 Å². The highest BCUT2D eigenvalue weighted by Crippen LogP contribution is 2.38. The van der Waals surface area contributed by atoms with E-state index < -0.39 is 5.60 Å². The van der Waals surface area contributed by atoms with E-state index in [0.29, 0.717) is 5.92 Å². The molecule has 0 aromatic heterocycles. The quantitative estimate of drug-likeness (QED) is 0.867. The number of nitrogens with zero attached hydrogens (tertiary/aromatic N) is 2. The highest BCUT2D eigenvalue weighted by atomic mass is 35.5. The molecule has 0 atom stereocenters. The summed E-state index contributed by atoms with van der Waals surface area (Å²) in [7, 11) is 0. The lowest BCUT2D eigenvalue weighted by Gasteiger charge is -2.44. The van der Waals surface area contributed by atoms with Crippen molar-refractivity contribution in [1.82, 2.24) is 4.90 Å². The molecule has 2 fully saturated rings. The zero-order valence-corrected chi connectivity index (χ0v) is 15.8. The van der Waals surface area contributed by atoms with Gasteiger partial charge in [0, 0.05) is 54.4 Å². The van der Waals surface area contributed by atoms with Crippen LogP contribution in [0, 0.1) is 0 Å². The Morgan fingerprint density at radius 3 is 2.20 bits per heavy atom. The van der Waals surface area contributed by atoms with E-state index in [9.17, 15) is 5.11 Å². The molecule has 4 rings (SSSR count). The molecule has 0 amide bonds. The summed E-state index contributed by atoms with van der Waals surface area (Å²) in [6, 6.07) is 14.4. The van der Waals surface area contributed by atoms with Crippen LogP contribution in [-0.2, 0) is 6.54 Å². The van der Waals surface area contributed by atoms with Crippen LogP contribution in [0.15, 0.2) is 42.5 Å². The lowest BCUT2D eigenvalue weighted by Crippen LogP contribution is -2.59. The molecule has 132 valence electrons. The Labute approximate surface area is 158 Å². The SMILES string of the molecule is CC1(O)CN(Cc2ccc(N3CC(c4c(Cl)cccc4Cl)C3)cc2)C1. The van der Waals surface area contributed by atoms with Crippen molar-refractivity contribution < 1.29 is 5.11 Å². The summed E-state index contributed by atoms with van der Waals surface area (Å²) in [6.07, 6.45) is 0. The fourth-order valence-electron chi connectivity index (χ4n) is 3.87. The summed E-state index contributed by atoms with van der Waals surface area (Å²) in [5.41, 5.74) is 3.08. The first-order valence-electron chi connectivity index (χ1n) is 8.64. The van der Waals surface area contributed by atoms with E-state index in [1.54, 1.807) is 0 Å². The van der Waals surface area contributed by atoms with Crippen molar-refractivity contribution >= 4 is 28.9 Å². The van der Waals surface area contributed by atoms with Crippen molar-refractivity contribution in [2.75, 3.05) is 31.1 Å². The van der Waals surface area contributed by atoms with Crippen molar-refractivity contribution in [1.29, 1.82) is 0 Å². The number of aliphatic hydroxyl groups is 1. The topological polar surface area (TPSA) is 26.7 Å². The minimum Gasteiger partial charge on any atom is -0.388 e. The third-order valence-corrected chi connectivity index (χ3v) is 5.78. The van der Waals surface area contributed by atoms with Gasteiger partial charge in [0.2, 0.25) is 0 Å². The maximum atomic E-state index is 9.81. The molecule has 2 aromatic carbocycles. The molecular formula is C20H22Cl2N2O. The van der Waals surface area contributed by atoms with Crippen molar-refractivity contribution in [2.45, 2.75) is 25.0 Å². The second-order valence-electron chi connectivity index (χ2n) is 7.55. The van der Waals surface area contributed by atoms with Crippen LogP contribution in [0.2, 0.25) is 10.0 Å². The summed E-state index contributed by atoms with van der Waals surface area (Å²) < 4.78 is 0. The van der Waals surface area contributed by atoms with Gasteiger partial charge in [-0.15, -0.1) is 0 Å². The highest BCUT2D eigenvalue weighted by molar-refractivity contribution is 6.36. The molecule has 5 heteroatoms. The first kappa shape index (κ1) is 17.2. The average Bonchev–Trinajstić information content (AvgIpc) is 2.48. The molecule has 2 aliphatic heterocycles. The molecule has 2 aromatic rings. The molecular weight excluding hydrogens is 355 g/mol. The number of benzene rings is 2. The van der Waals surface area contributed by atoms with Crippen LogP contribution in [0.1, 0.15) is 24.0 Å². The summed E-state index contributed by atoms with van der Waals surface area (Å²) in [5, 5.41) is 11.3. The zero-order chi connectivity index (χ0) is 17.6. The number of hydrogen-bond donors (Lipinski definition) is 1. The predicted molar refractivity (Wildman–Crippen MR) is 104 cm³/mol. The van der Waals surface area contributed by atoms with Crippen molar-refractivity contribution in [3.63, 3.8) is 0 Å². The molecule has 2 saturated heterocycles. The van der Waals surface area contributed by atoms with Gasteiger partial charge in [0.25, 0.3) is 0 Å². The van der Waals surface area contributed by atoms with Gasteiger partial charge >= 0.3 is 0 Å². The Morgan fingerprint density at radius 1 is 1.04 bits per heavy atom. The van der Waals surface area contributed by atoms with Gasteiger partial charge < -0.3 is 10.0 Å². The molecule has 3 nitrogen and oxygen atoms in total. The van der Waals surface area contributed by atoms with Crippen molar-refractivity contribution in [2.24, 2.45) is 0 Å². The summed E-state index contributed by atoms with van der Waals surface area (Å²) >= 11 is 12.6. The van der Waals surface area contributed by atoms with E-state index in [1.807, 2.05) is 25.1 Å². The van der Waals surface area contributed by atoms with Gasteiger partial charge in [-0.3, -0.25) is 4.90 Å². The van der Waals surface area contributed by atoms with E-state index in [4.69, 9.17) is 23.2 Å². The number of halogens is 2. The van der Waals surface area contributed by atoms with Gasteiger partial charge in [-0.1, -0.05) is 41.4 Å². The molecule has 0 aliphatic carbocycles. The Morgan fingerprint density at radius 2 is 1.64 bits per heavy atom. The van der Waals surface area contributed by atoms with Crippen molar-refractivity contribution in [3.05, 3.63) is 63.6 Å². The number of rotatable bonds is 4. The number of likely N-dealkylation sites (tertiary alicyclic amines) is 1. The van der Waals surface area contributed by atoms with Gasteiger partial charge in [-0.2, -0.15) is 0 Å². The maximum Gasteiger partial charge on any atom is 0.0872 e.